The van der Waals surface area contributed by atoms with E-state index in [-0.39, 0.29) is 0 Å². The number of ether oxygens (including phenoxy) is 3. The molecule has 0 aromatic carbocycles. The third kappa shape index (κ3) is 6.66. The minimum atomic E-state index is -0.878. The van der Waals surface area contributed by atoms with Crippen molar-refractivity contribution in [1.29, 1.82) is 0 Å². The number of hydrogen-bond acceptors (Lipinski definition) is 4. The number of hydrogen-bond donors (Lipinski definition) is 0. The van der Waals surface area contributed by atoms with Crippen LogP contribution >= 0.6 is 0 Å². The van der Waals surface area contributed by atoms with Crippen LogP contribution in [0.5, 0.6) is 0 Å². The van der Waals surface area contributed by atoms with E-state index in [0.717, 1.165) is 6.42 Å². The molecular weight excluding hydrogens is 232 g/mol. The van der Waals surface area contributed by atoms with Gasteiger partial charge in [-0.15, -0.1) is 0 Å². The summed E-state index contributed by atoms with van der Waals surface area (Å²) in [5, 5.41) is 0. The number of rotatable bonds is 10. The van der Waals surface area contributed by atoms with Gasteiger partial charge in [0.1, 0.15) is 0 Å². The molecule has 0 aromatic rings. The molecule has 4 nitrogen and oxygen atoms in total. The summed E-state index contributed by atoms with van der Waals surface area (Å²) < 4.78 is 21.7. The zero-order valence-corrected chi connectivity index (χ0v) is 11.4. The molecular formula is C10H21O4Ti. The van der Waals surface area contributed by atoms with Gasteiger partial charge < -0.3 is 0 Å². The SMILES string of the molecule is CCOC(CCC[O][Ti])(OCC)OCC. The first kappa shape index (κ1) is 15.6. The molecule has 0 bridgehead atoms. The van der Waals surface area contributed by atoms with Crippen molar-refractivity contribution in [2.75, 3.05) is 26.4 Å². The molecule has 0 aliphatic carbocycles. The molecule has 15 heavy (non-hydrogen) atoms. The fourth-order valence-corrected chi connectivity index (χ4v) is 1.59. The van der Waals surface area contributed by atoms with Gasteiger partial charge in [0.05, 0.1) is 0 Å². The molecule has 0 heterocycles. The normalized spacial score (nSPS) is 11.9. The molecule has 0 aromatic heterocycles. The Morgan fingerprint density at radius 3 is 1.73 bits per heavy atom. The van der Waals surface area contributed by atoms with Crippen molar-refractivity contribution in [3.63, 3.8) is 0 Å². The summed E-state index contributed by atoms with van der Waals surface area (Å²) in [5.41, 5.74) is 0. The van der Waals surface area contributed by atoms with Crippen molar-refractivity contribution >= 4 is 0 Å². The molecule has 5 heteroatoms. The van der Waals surface area contributed by atoms with Gasteiger partial charge in [-0.3, -0.25) is 0 Å². The van der Waals surface area contributed by atoms with Crippen molar-refractivity contribution < 1.29 is 38.4 Å². The summed E-state index contributed by atoms with van der Waals surface area (Å²) in [5.74, 6) is -0.878. The summed E-state index contributed by atoms with van der Waals surface area (Å²) in [6.07, 6.45) is 1.55. The molecule has 0 unspecified atom stereocenters. The van der Waals surface area contributed by atoms with Crippen molar-refractivity contribution in [2.24, 2.45) is 0 Å². The second-order valence-electron chi connectivity index (χ2n) is 2.93. The van der Waals surface area contributed by atoms with Gasteiger partial charge in [0.25, 0.3) is 0 Å². The second-order valence-corrected chi connectivity index (χ2v) is 3.38. The first-order valence-corrected chi connectivity index (χ1v) is 6.08. The van der Waals surface area contributed by atoms with Gasteiger partial charge in [-0.25, -0.2) is 0 Å². The molecule has 0 fully saturated rings. The molecule has 0 saturated heterocycles. The van der Waals surface area contributed by atoms with Crippen LogP contribution in [0.1, 0.15) is 33.6 Å². The quantitative estimate of drug-likeness (QED) is 0.339. The van der Waals surface area contributed by atoms with Crippen LogP contribution in [-0.2, 0) is 38.4 Å². The Morgan fingerprint density at radius 2 is 1.40 bits per heavy atom. The minimum absolute atomic E-state index is 0.576. The van der Waals surface area contributed by atoms with Crippen molar-refractivity contribution in [2.45, 2.75) is 39.6 Å². The molecule has 0 saturated carbocycles. The van der Waals surface area contributed by atoms with Crippen LogP contribution in [-0.4, -0.2) is 32.4 Å². The fourth-order valence-electron chi connectivity index (χ4n) is 1.36. The van der Waals surface area contributed by atoms with E-state index in [9.17, 15) is 0 Å². The van der Waals surface area contributed by atoms with Crippen LogP contribution in [0, 0.1) is 0 Å². The Morgan fingerprint density at radius 1 is 0.933 bits per heavy atom. The molecule has 0 aliphatic heterocycles. The van der Waals surface area contributed by atoms with Crippen LogP contribution in [0.25, 0.3) is 0 Å². The van der Waals surface area contributed by atoms with Crippen molar-refractivity contribution in [1.82, 2.24) is 0 Å². The van der Waals surface area contributed by atoms with Gasteiger partial charge in [-0.1, -0.05) is 0 Å². The molecule has 0 N–H and O–H groups in total. The summed E-state index contributed by atoms with van der Waals surface area (Å²) >= 11 is 1.68. The van der Waals surface area contributed by atoms with Crippen LogP contribution in [0.3, 0.4) is 0 Å². The van der Waals surface area contributed by atoms with Gasteiger partial charge in [0.15, 0.2) is 0 Å². The predicted octanol–water partition coefficient (Wildman–Crippen LogP) is 2.01. The van der Waals surface area contributed by atoms with Crippen LogP contribution in [0.2, 0.25) is 0 Å². The summed E-state index contributed by atoms with van der Waals surface area (Å²) in [6, 6.07) is 0. The van der Waals surface area contributed by atoms with Gasteiger partial charge in [-0.05, 0) is 0 Å². The van der Waals surface area contributed by atoms with Gasteiger partial charge >= 0.3 is 104 Å². The Labute approximate surface area is 104 Å². The second kappa shape index (κ2) is 9.76. The molecule has 0 atom stereocenters. The average molecular weight is 253 g/mol. The van der Waals surface area contributed by atoms with E-state index in [4.69, 9.17) is 17.5 Å². The van der Waals surface area contributed by atoms with Gasteiger partial charge in [0.2, 0.25) is 0 Å². The molecule has 0 rings (SSSR count). The van der Waals surface area contributed by atoms with Crippen LogP contribution < -0.4 is 0 Å². The van der Waals surface area contributed by atoms with E-state index in [0.29, 0.717) is 32.8 Å². The van der Waals surface area contributed by atoms with Crippen molar-refractivity contribution in [3.8, 4) is 0 Å². The van der Waals surface area contributed by atoms with E-state index in [2.05, 4.69) is 0 Å². The first-order valence-electron chi connectivity index (χ1n) is 5.45. The molecule has 0 aliphatic rings. The topological polar surface area (TPSA) is 36.9 Å². The van der Waals surface area contributed by atoms with Crippen molar-refractivity contribution in [3.05, 3.63) is 0 Å². The van der Waals surface area contributed by atoms with E-state index >= 15 is 0 Å². The fraction of sp³-hybridized carbons (Fsp3) is 1.00. The zero-order chi connectivity index (χ0) is 11.6. The predicted molar refractivity (Wildman–Crippen MR) is 52.8 cm³/mol. The standard InChI is InChI=1S/C10H21O4.Ti/c1-4-12-10(13-5-2,14-6-3)8-7-9-11;/h4-9H2,1-3H3;/q-1;+1. The molecule has 0 amide bonds. The third-order valence-corrected chi connectivity index (χ3v) is 2.14. The Balaban J connectivity index is 4.18. The summed E-state index contributed by atoms with van der Waals surface area (Å²) in [7, 11) is 0. The molecule has 0 spiro atoms. The zero-order valence-electron chi connectivity index (χ0n) is 9.88. The maximum absolute atomic E-state index is 5.56. The Bertz CT molecular complexity index is 126. The van der Waals surface area contributed by atoms with E-state index in [1.54, 1.807) is 20.8 Å². The average Bonchev–Trinajstić information content (AvgIpc) is 2.19. The Hall–Kier alpha value is 0.554. The third-order valence-electron chi connectivity index (χ3n) is 1.82. The van der Waals surface area contributed by atoms with Crippen LogP contribution in [0.15, 0.2) is 0 Å². The summed E-state index contributed by atoms with van der Waals surface area (Å²) in [4.78, 5) is 0. The van der Waals surface area contributed by atoms with E-state index in [1.165, 1.54) is 0 Å². The van der Waals surface area contributed by atoms with E-state index < -0.39 is 5.97 Å². The van der Waals surface area contributed by atoms with E-state index in [1.807, 2.05) is 20.8 Å². The maximum atomic E-state index is 5.56. The van der Waals surface area contributed by atoms with Gasteiger partial charge in [-0.2, -0.15) is 0 Å². The van der Waals surface area contributed by atoms with Crippen LogP contribution in [0.4, 0.5) is 0 Å². The summed E-state index contributed by atoms with van der Waals surface area (Å²) in [6.45, 7) is 8.22. The molecule has 89 valence electrons. The monoisotopic (exact) mass is 253 g/mol. The Kier molecular flexibility index (Phi) is 10.1. The molecule has 0 radical (unpaired) electrons. The first-order chi connectivity index (χ1) is 7.24. The van der Waals surface area contributed by atoms with Gasteiger partial charge in [0, 0.05) is 0 Å².